The normalized spacial score (nSPS) is 8.77. The van der Waals surface area contributed by atoms with Crippen LogP contribution in [0.2, 0.25) is 0 Å². The van der Waals surface area contributed by atoms with E-state index >= 15 is 0 Å². The molecule has 0 aliphatic rings. The predicted molar refractivity (Wildman–Crippen MR) is 46.6 cm³/mol. The minimum Gasteiger partial charge on any atom is -0.506 e. The molecule has 0 aliphatic heterocycles. The Balaban J connectivity index is 3.33. The zero-order chi connectivity index (χ0) is 9.84. The molecular formula is C9H7N3O. The van der Waals surface area contributed by atoms with Gasteiger partial charge in [-0.3, -0.25) is 0 Å². The minimum atomic E-state index is -0.173. The fraction of sp³-hybridized carbons (Fsp3) is 0.111. The average Bonchev–Trinajstić information content (AvgIpc) is 2.04. The van der Waals surface area contributed by atoms with E-state index in [-0.39, 0.29) is 17.7 Å². The molecule has 0 saturated carbocycles. The van der Waals surface area contributed by atoms with Crippen LogP contribution < -0.4 is 5.73 Å². The number of hydrogen-bond donors (Lipinski definition) is 2. The standard InChI is InChI=1S/C9H7N3O/c10-2-1-6-3-7(12)4-9(13)8(6)5-11/h3-4,13H,1,12H2. The molecule has 0 bridgehead atoms. The molecule has 1 rings (SSSR count). The van der Waals surface area contributed by atoms with Crippen LogP contribution in [0.25, 0.3) is 0 Å². The summed E-state index contributed by atoms with van der Waals surface area (Å²) in [6.07, 6.45) is 0.0709. The molecule has 0 amide bonds. The third kappa shape index (κ3) is 1.69. The lowest BCUT2D eigenvalue weighted by Gasteiger charge is -2.03. The van der Waals surface area contributed by atoms with Gasteiger partial charge in [-0.2, -0.15) is 10.5 Å². The Labute approximate surface area is 75.4 Å². The number of rotatable bonds is 1. The zero-order valence-electron chi connectivity index (χ0n) is 6.78. The van der Waals surface area contributed by atoms with Crippen LogP contribution in [0.4, 0.5) is 5.69 Å². The maximum Gasteiger partial charge on any atom is 0.135 e. The van der Waals surface area contributed by atoms with E-state index in [0.29, 0.717) is 11.3 Å². The Morgan fingerprint density at radius 2 is 2.08 bits per heavy atom. The van der Waals surface area contributed by atoms with Crippen molar-refractivity contribution in [2.75, 3.05) is 5.73 Å². The molecule has 4 nitrogen and oxygen atoms in total. The summed E-state index contributed by atoms with van der Waals surface area (Å²) < 4.78 is 0. The van der Waals surface area contributed by atoms with Gasteiger partial charge >= 0.3 is 0 Å². The summed E-state index contributed by atoms with van der Waals surface area (Å²) in [7, 11) is 0. The molecule has 3 N–H and O–H groups in total. The zero-order valence-corrected chi connectivity index (χ0v) is 6.78. The summed E-state index contributed by atoms with van der Waals surface area (Å²) in [5, 5.41) is 26.4. The second-order valence-electron chi connectivity index (χ2n) is 2.52. The van der Waals surface area contributed by atoms with Crippen molar-refractivity contribution >= 4 is 5.69 Å². The molecule has 4 heteroatoms. The number of nitriles is 2. The number of phenols is 1. The van der Waals surface area contributed by atoms with Gasteiger partial charge in [0, 0.05) is 11.8 Å². The van der Waals surface area contributed by atoms with Crippen LogP contribution in [0.5, 0.6) is 5.75 Å². The second kappa shape index (κ2) is 3.46. The number of nitrogens with two attached hydrogens (primary N) is 1. The molecule has 0 heterocycles. The predicted octanol–water partition coefficient (Wildman–Crippen LogP) is 0.912. The number of nitrogen functional groups attached to an aromatic ring is 1. The summed E-state index contributed by atoms with van der Waals surface area (Å²) in [5.74, 6) is -0.173. The maximum atomic E-state index is 9.29. The first-order valence-corrected chi connectivity index (χ1v) is 3.57. The molecule has 0 unspecified atom stereocenters. The van der Waals surface area contributed by atoms with Crippen molar-refractivity contribution in [3.05, 3.63) is 23.3 Å². The highest BCUT2D eigenvalue weighted by Gasteiger charge is 2.08. The van der Waals surface area contributed by atoms with Crippen LogP contribution >= 0.6 is 0 Å². The van der Waals surface area contributed by atoms with Crippen LogP contribution in [0.1, 0.15) is 11.1 Å². The van der Waals surface area contributed by atoms with Gasteiger partial charge in [0.05, 0.1) is 18.1 Å². The van der Waals surface area contributed by atoms with Crippen molar-refractivity contribution in [2.45, 2.75) is 6.42 Å². The fourth-order valence-electron chi connectivity index (χ4n) is 1.06. The smallest absolute Gasteiger partial charge is 0.135 e. The lowest BCUT2D eigenvalue weighted by molar-refractivity contribution is 0.473. The fourth-order valence-corrected chi connectivity index (χ4v) is 1.06. The number of phenolic OH excluding ortho intramolecular Hbond substituents is 1. The van der Waals surface area contributed by atoms with E-state index in [1.807, 2.05) is 12.1 Å². The summed E-state index contributed by atoms with van der Waals surface area (Å²) in [6.45, 7) is 0. The van der Waals surface area contributed by atoms with E-state index in [1.54, 1.807) is 0 Å². The molecule has 0 aliphatic carbocycles. The molecule has 0 fully saturated rings. The first-order valence-electron chi connectivity index (χ1n) is 3.57. The van der Waals surface area contributed by atoms with E-state index < -0.39 is 0 Å². The van der Waals surface area contributed by atoms with Crippen LogP contribution in [0.3, 0.4) is 0 Å². The SMILES string of the molecule is N#CCc1cc(N)cc(O)c1C#N. The molecule has 0 atom stereocenters. The molecular weight excluding hydrogens is 166 g/mol. The largest absolute Gasteiger partial charge is 0.506 e. The average molecular weight is 173 g/mol. The summed E-state index contributed by atoms with van der Waals surface area (Å²) in [6, 6.07) is 6.52. The molecule has 0 radical (unpaired) electrons. The number of benzene rings is 1. The quantitative estimate of drug-likeness (QED) is 0.617. The van der Waals surface area contributed by atoms with E-state index in [9.17, 15) is 5.11 Å². The number of nitrogens with zero attached hydrogens (tertiary/aromatic N) is 2. The van der Waals surface area contributed by atoms with Crippen molar-refractivity contribution in [3.8, 4) is 17.9 Å². The number of aromatic hydroxyl groups is 1. The summed E-state index contributed by atoms with van der Waals surface area (Å²) >= 11 is 0. The highest BCUT2D eigenvalue weighted by molar-refractivity contribution is 5.57. The Kier molecular flexibility index (Phi) is 2.37. The topological polar surface area (TPSA) is 93.8 Å². The molecule has 13 heavy (non-hydrogen) atoms. The van der Waals surface area contributed by atoms with Gasteiger partial charge in [-0.25, -0.2) is 0 Å². The minimum absolute atomic E-state index is 0.0709. The third-order valence-electron chi connectivity index (χ3n) is 1.60. The monoisotopic (exact) mass is 173 g/mol. The lowest BCUT2D eigenvalue weighted by Crippen LogP contribution is -1.93. The van der Waals surface area contributed by atoms with Gasteiger partial charge in [0.2, 0.25) is 0 Å². The van der Waals surface area contributed by atoms with Gasteiger partial charge < -0.3 is 10.8 Å². The van der Waals surface area contributed by atoms with Gasteiger partial charge in [-0.15, -0.1) is 0 Å². The highest BCUT2D eigenvalue weighted by Crippen LogP contribution is 2.24. The molecule has 64 valence electrons. The van der Waals surface area contributed by atoms with Crippen LogP contribution in [-0.4, -0.2) is 5.11 Å². The van der Waals surface area contributed by atoms with E-state index in [2.05, 4.69) is 0 Å². The first kappa shape index (κ1) is 8.89. The van der Waals surface area contributed by atoms with Crippen LogP contribution in [0, 0.1) is 22.7 Å². The Bertz CT molecular complexity index is 412. The summed E-state index contributed by atoms with van der Waals surface area (Å²) in [4.78, 5) is 0. The molecule has 0 aromatic heterocycles. The van der Waals surface area contributed by atoms with Gasteiger partial charge in [0.25, 0.3) is 0 Å². The number of hydrogen-bond acceptors (Lipinski definition) is 4. The highest BCUT2D eigenvalue weighted by atomic mass is 16.3. The van der Waals surface area contributed by atoms with Crippen molar-refractivity contribution in [1.82, 2.24) is 0 Å². The van der Waals surface area contributed by atoms with E-state index in [1.165, 1.54) is 12.1 Å². The Hall–Kier alpha value is -2.20. The Morgan fingerprint density at radius 3 is 2.62 bits per heavy atom. The molecule has 1 aromatic rings. The van der Waals surface area contributed by atoms with Gasteiger partial charge in [-0.1, -0.05) is 0 Å². The second-order valence-corrected chi connectivity index (χ2v) is 2.52. The third-order valence-corrected chi connectivity index (χ3v) is 1.60. The number of anilines is 1. The molecule has 1 aromatic carbocycles. The lowest BCUT2D eigenvalue weighted by atomic mass is 10.0. The van der Waals surface area contributed by atoms with Crippen molar-refractivity contribution in [3.63, 3.8) is 0 Å². The first-order chi connectivity index (χ1) is 6.19. The van der Waals surface area contributed by atoms with Crippen LogP contribution in [-0.2, 0) is 6.42 Å². The molecule has 0 spiro atoms. The Morgan fingerprint density at radius 1 is 1.38 bits per heavy atom. The van der Waals surface area contributed by atoms with Gasteiger partial charge in [0.1, 0.15) is 11.8 Å². The van der Waals surface area contributed by atoms with Crippen molar-refractivity contribution in [2.24, 2.45) is 0 Å². The van der Waals surface area contributed by atoms with Gasteiger partial charge in [0.15, 0.2) is 0 Å². The maximum absolute atomic E-state index is 9.29. The molecule has 0 saturated heterocycles. The van der Waals surface area contributed by atoms with Gasteiger partial charge in [-0.05, 0) is 11.6 Å². The van der Waals surface area contributed by atoms with Crippen molar-refractivity contribution < 1.29 is 5.11 Å². The summed E-state index contributed by atoms with van der Waals surface area (Å²) in [5.41, 5.74) is 6.37. The van der Waals surface area contributed by atoms with Crippen LogP contribution in [0.15, 0.2) is 12.1 Å². The van der Waals surface area contributed by atoms with E-state index in [4.69, 9.17) is 16.3 Å². The van der Waals surface area contributed by atoms with E-state index in [0.717, 1.165) is 0 Å². The van der Waals surface area contributed by atoms with Crippen molar-refractivity contribution in [1.29, 1.82) is 10.5 Å².